The van der Waals surface area contributed by atoms with E-state index in [2.05, 4.69) is 0 Å². The lowest BCUT2D eigenvalue weighted by molar-refractivity contribution is -0.136. The maximum atomic E-state index is 11.5. The van der Waals surface area contributed by atoms with E-state index in [9.17, 15) is 9.36 Å². The molecule has 7 heteroatoms. The number of allylic oxidation sites excluding steroid dienone is 1. The van der Waals surface area contributed by atoms with Crippen LogP contribution >= 0.6 is 7.59 Å². The van der Waals surface area contributed by atoms with E-state index < -0.39 is 19.1 Å². The molecule has 0 bridgehead atoms. The number of nitrogens with one attached hydrogen (secondary N) is 1. The topological polar surface area (TPSA) is 107 Å². The summed E-state index contributed by atoms with van der Waals surface area (Å²) in [6.45, 7) is 3.33. The Bertz CT molecular complexity index is 335. The second kappa shape index (κ2) is 3.38. The van der Waals surface area contributed by atoms with Gasteiger partial charge in [-0.25, -0.2) is 0 Å². The van der Waals surface area contributed by atoms with Gasteiger partial charge >= 0.3 is 0 Å². The Morgan fingerprint density at radius 3 is 2.64 bits per heavy atom. The van der Waals surface area contributed by atoms with Crippen LogP contribution in [-0.2, 0) is 14.1 Å². The molecule has 1 unspecified atom stereocenters. The first-order chi connectivity index (χ1) is 6.23. The van der Waals surface area contributed by atoms with E-state index in [4.69, 9.17) is 15.7 Å². The number of nitrogens with two attached hydrogens (primary N) is 2. The summed E-state index contributed by atoms with van der Waals surface area (Å²) in [6.07, 6.45) is 2.20. The molecule has 0 aromatic carbocycles. The average Bonchev–Trinajstić information content (AvgIpc) is 2.29. The van der Waals surface area contributed by atoms with Crippen LogP contribution in [0.4, 0.5) is 0 Å². The summed E-state index contributed by atoms with van der Waals surface area (Å²) >= 11 is 0. The first-order valence-corrected chi connectivity index (χ1v) is 5.93. The van der Waals surface area contributed by atoms with E-state index >= 15 is 0 Å². The Kier molecular flexibility index (Phi) is 2.71. The van der Waals surface area contributed by atoms with Gasteiger partial charge in [0.05, 0.1) is 5.76 Å². The molecule has 0 radical (unpaired) electrons. The van der Waals surface area contributed by atoms with Crippen LogP contribution < -0.4 is 16.1 Å². The van der Waals surface area contributed by atoms with Gasteiger partial charge in [0.1, 0.15) is 0 Å². The first kappa shape index (κ1) is 11.2. The molecule has 6 nitrogen and oxygen atoms in total. The van der Waals surface area contributed by atoms with Crippen molar-refractivity contribution in [1.29, 1.82) is 0 Å². The fourth-order valence-electron chi connectivity index (χ4n) is 1.19. The second-order valence-corrected chi connectivity index (χ2v) is 5.14. The van der Waals surface area contributed by atoms with Gasteiger partial charge < -0.3 is 4.74 Å². The largest absolute Gasteiger partial charge is 0.482 e. The highest BCUT2D eigenvalue weighted by molar-refractivity contribution is 7.57. The predicted octanol–water partition coefficient (Wildman–Crippen LogP) is 0.211. The van der Waals surface area contributed by atoms with Gasteiger partial charge in [-0.05, 0) is 19.9 Å². The van der Waals surface area contributed by atoms with Crippen LogP contribution in [0.1, 0.15) is 20.3 Å². The van der Waals surface area contributed by atoms with Crippen molar-refractivity contribution in [3.05, 3.63) is 11.8 Å². The number of ether oxygens (including phenoxy) is 1. The Balaban J connectivity index is 2.67. The van der Waals surface area contributed by atoms with Crippen molar-refractivity contribution < 1.29 is 14.1 Å². The van der Waals surface area contributed by atoms with Crippen LogP contribution in [-0.4, -0.2) is 11.5 Å². The fourth-order valence-corrected chi connectivity index (χ4v) is 1.75. The van der Waals surface area contributed by atoms with E-state index in [0.717, 1.165) is 0 Å². The van der Waals surface area contributed by atoms with Gasteiger partial charge in [0.15, 0.2) is 5.60 Å². The van der Waals surface area contributed by atoms with Crippen molar-refractivity contribution in [3.63, 3.8) is 0 Å². The van der Waals surface area contributed by atoms with Gasteiger partial charge in [0.2, 0.25) is 0 Å². The van der Waals surface area contributed by atoms with E-state index in [-0.39, 0.29) is 0 Å². The van der Waals surface area contributed by atoms with Gasteiger partial charge in [0.25, 0.3) is 13.5 Å². The Morgan fingerprint density at radius 2 is 2.29 bits per heavy atom. The number of hydrogen-bond acceptors (Lipinski definition) is 3. The van der Waals surface area contributed by atoms with Gasteiger partial charge in [0, 0.05) is 6.42 Å². The summed E-state index contributed by atoms with van der Waals surface area (Å²) in [7, 11) is -3.54. The number of carbonyl (C=O) groups excluding carboxylic acids is 1. The summed E-state index contributed by atoms with van der Waals surface area (Å²) < 4.78 is 16.2. The minimum absolute atomic E-state index is 0.421. The normalized spacial score (nSPS) is 26.7. The van der Waals surface area contributed by atoms with Crippen LogP contribution in [0.5, 0.6) is 0 Å². The number of hydrogen-bond donors (Lipinski definition) is 3. The van der Waals surface area contributed by atoms with Gasteiger partial charge in [-0.15, -0.1) is 0 Å². The lowest BCUT2D eigenvalue weighted by Crippen LogP contribution is -2.45. The number of amides is 1. The highest BCUT2D eigenvalue weighted by atomic mass is 31.2. The van der Waals surface area contributed by atoms with Crippen molar-refractivity contribution in [2.24, 2.45) is 11.0 Å². The molecule has 1 aliphatic rings. The second-order valence-electron chi connectivity index (χ2n) is 3.50. The van der Waals surface area contributed by atoms with E-state index in [1.54, 1.807) is 19.9 Å². The Hall–Kier alpha value is -0.840. The third-order valence-electron chi connectivity index (χ3n) is 1.92. The Morgan fingerprint density at radius 1 is 1.71 bits per heavy atom. The summed E-state index contributed by atoms with van der Waals surface area (Å²) in [4.78, 5) is 11.5. The van der Waals surface area contributed by atoms with Crippen LogP contribution in [0, 0.1) is 0 Å². The third-order valence-corrected chi connectivity index (χ3v) is 2.47. The summed E-state index contributed by atoms with van der Waals surface area (Å²) in [5.41, 5.74) is 9.01. The highest BCUT2D eigenvalue weighted by Gasteiger charge is 2.39. The zero-order chi connectivity index (χ0) is 11.0. The van der Waals surface area contributed by atoms with E-state index in [1.165, 1.54) is 0 Å². The maximum absolute atomic E-state index is 11.5. The van der Waals surface area contributed by atoms with E-state index in [1.807, 2.05) is 5.09 Å². The fraction of sp³-hybridized carbons (Fsp3) is 0.571. The predicted molar refractivity (Wildman–Crippen MR) is 52.0 cm³/mol. The van der Waals surface area contributed by atoms with Crippen molar-refractivity contribution in [2.45, 2.75) is 25.9 Å². The van der Waals surface area contributed by atoms with Crippen LogP contribution in [0.15, 0.2) is 11.8 Å². The molecule has 5 N–H and O–H groups in total. The molecular formula is C7H14N3O3P. The molecule has 0 aromatic rings. The lowest BCUT2D eigenvalue weighted by atomic mass is 10.0. The minimum Gasteiger partial charge on any atom is -0.482 e. The summed E-state index contributed by atoms with van der Waals surface area (Å²) in [5.74, 6) is 0.102. The standard InChI is InChI=1S/C7H14N3O3P/c1-5-3-4-7(2,13-5)6(11)10-14(8,9)12/h3H,4H2,1-2H3,(H5,8,9,10,11,12). The summed E-state index contributed by atoms with van der Waals surface area (Å²) in [6, 6.07) is 0. The molecule has 1 heterocycles. The van der Waals surface area contributed by atoms with Crippen molar-refractivity contribution >= 4 is 13.5 Å². The van der Waals surface area contributed by atoms with E-state index in [0.29, 0.717) is 12.2 Å². The molecule has 80 valence electrons. The number of rotatable bonds is 2. The number of carbonyl (C=O) groups is 1. The molecule has 0 aromatic heterocycles. The van der Waals surface area contributed by atoms with Crippen LogP contribution in [0.2, 0.25) is 0 Å². The molecule has 0 fully saturated rings. The van der Waals surface area contributed by atoms with Crippen LogP contribution in [0.25, 0.3) is 0 Å². The molecule has 1 amide bonds. The first-order valence-electron chi connectivity index (χ1n) is 4.09. The third kappa shape index (κ3) is 2.57. The van der Waals surface area contributed by atoms with Gasteiger partial charge in [-0.3, -0.25) is 25.5 Å². The molecular weight excluding hydrogens is 205 g/mol. The molecule has 1 atom stereocenters. The molecule has 0 saturated carbocycles. The average molecular weight is 219 g/mol. The minimum atomic E-state index is -3.54. The van der Waals surface area contributed by atoms with Gasteiger partial charge in [-0.1, -0.05) is 0 Å². The molecule has 14 heavy (non-hydrogen) atoms. The van der Waals surface area contributed by atoms with Crippen molar-refractivity contribution in [3.8, 4) is 0 Å². The Labute approximate surface area is 82.2 Å². The highest BCUT2D eigenvalue weighted by Crippen LogP contribution is 2.30. The zero-order valence-corrected chi connectivity index (χ0v) is 9.01. The lowest BCUT2D eigenvalue weighted by Gasteiger charge is -2.24. The quantitative estimate of drug-likeness (QED) is 0.575. The van der Waals surface area contributed by atoms with Gasteiger partial charge in [-0.2, -0.15) is 0 Å². The SMILES string of the molecule is CC1=CCC(C)(C(=O)NP(N)(N)=O)O1. The smallest absolute Gasteiger partial charge is 0.300 e. The monoisotopic (exact) mass is 219 g/mol. The molecule has 0 spiro atoms. The van der Waals surface area contributed by atoms with Crippen LogP contribution in [0.3, 0.4) is 0 Å². The van der Waals surface area contributed by atoms with Crippen molar-refractivity contribution in [2.75, 3.05) is 0 Å². The molecule has 0 aliphatic carbocycles. The summed E-state index contributed by atoms with van der Waals surface area (Å²) in [5, 5.41) is 2.04. The molecule has 1 rings (SSSR count). The maximum Gasteiger partial charge on any atom is 0.300 e. The van der Waals surface area contributed by atoms with Crippen molar-refractivity contribution in [1.82, 2.24) is 5.09 Å². The zero-order valence-electron chi connectivity index (χ0n) is 8.11. The molecule has 1 aliphatic heterocycles. The molecule has 0 saturated heterocycles.